The van der Waals surface area contributed by atoms with Gasteiger partial charge < -0.3 is 4.74 Å². The molecule has 0 saturated carbocycles. The molecular formula is C24H24N4O3S. The highest BCUT2D eigenvalue weighted by atomic mass is 32.1. The molecule has 1 amide bonds. The second kappa shape index (κ2) is 8.92. The number of nitrogens with zero attached hydrogens (tertiary/aromatic N) is 3. The predicted octanol–water partition coefficient (Wildman–Crippen LogP) is 4.77. The molecule has 1 N–H and O–H groups in total. The molecule has 0 atom stereocenters. The van der Waals surface area contributed by atoms with E-state index in [1.54, 1.807) is 12.1 Å². The molecule has 164 valence electrons. The molecule has 0 fully saturated rings. The van der Waals surface area contributed by atoms with E-state index in [0.717, 1.165) is 38.4 Å². The summed E-state index contributed by atoms with van der Waals surface area (Å²) in [5.74, 6) is -0.449. The van der Waals surface area contributed by atoms with Crippen molar-refractivity contribution in [2.45, 2.75) is 33.6 Å². The van der Waals surface area contributed by atoms with Crippen LogP contribution in [0.2, 0.25) is 0 Å². The number of hydrogen-bond acceptors (Lipinski definition) is 6. The van der Waals surface area contributed by atoms with Crippen molar-refractivity contribution >= 4 is 38.6 Å². The van der Waals surface area contributed by atoms with E-state index in [1.807, 2.05) is 49.7 Å². The molecule has 8 heteroatoms. The standard InChI is InChI=1S/C24H24N4O3S/c1-14-5-11-20-21(13-14)32-24(25-20)26-23(30)17-6-8-18(9-7-17)28-16(3)19(15(2)27-28)10-12-22(29)31-4/h5-9,11,13H,10,12H2,1-4H3,(H,25,26,30). The van der Waals surface area contributed by atoms with Crippen LogP contribution >= 0.6 is 11.3 Å². The lowest BCUT2D eigenvalue weighted by Crippen LogP contribution is -2.11. The fourth-order valence-corrected chi connectivity index (χ4v) is 4.59. The molecule has 0 aliphatic carbocycles. The summed E-state index contributed by atoms with van der Waals surface area (Å²) in [6.45, 7) is 5.93. The van der Waals surface area contributed by atoms with Crippen molar-refractivity contribution in [2.75, 3.05) is 12.4 Å². The van der Waals surface area contributed by atoms with Gasteiger partial charge in [-0.25, -0.2) is 9.67 Å². The smallest absolute Gasteiger partial charge is 0.305 e. The highest BCUT2D eigenvalue weighted by Gasteiger charge is 2.15. The molecule has 0 spiro atoms. The highest BCUT2D eigenvalue weighted by Crippen LogP contribution is 2.27. The Labute approximate surface area is 190 Å². The first kappa shape index (κ1) is 21.7. The van der Waals surface area contributed by atoms with Gasteiger partial charge in [-0.15, -0.1) is 0 Å². The van der Waals surface area contributed by atoms with Crippen LogP contribution in [0.4, 0.5) is 5.13 Å². The molecule has 0 radical (unpaired) electrons. The quantitative estimate of drug-likeness (QED) is 0.430. The Hall–Kier alpha value is -3.52. The number of amides is 1. The Balaban J connectivity index is 1.50. The molecule has 0 aliphatic rings. The van der Waals surface area contributed by atoms with E-state index in [9.17, 15) is 9.59 Å². The minimum Gasteiger partial charge on any atom is -0.469 e. The van der Waals surface area contributed by atoms with E-state index in [2.05, 4.69) is 21.5 Å². The maximum atomic E-state index is 12.7. The third-order valence-electron chi connectivity index (χ3n) is 5.39. The van der Waals surface area contributed by atoms with Gasteiger partial charge in [0.1, 0.15) is 0 Å². The summed E-state index contributed by atoms with van der Waals surface area (Å²) in [5, 5.41) is 8.08. The molecule has 0 bridgehead atoms. The summed E-state index contributed by atoms with van der Waals surface area (Å²) in [5.41, 5.74) is 6.29. The minimum absolute atomic E-state index is 0.209. The van der Waals surface area contributed by atoms with Gasteiger partial charge in [0.15, 0.2) is 5.13 Å². The third-order valence-corrected chi connectivity index (χ3v) is 6.32. The molecule has 2 aromatic heterocycles. The number of hydrogen-bond donors (Lipinski definition) is 1. The first-order valence-electron chi connectivity index (χ1n) is 10.3. The van der Waals surface area contributed by atoms with E-state index >= 15 is 0 Å². The van der Waals surface area contributed by atoms with Crippen LogP contribution in [0, 0.1) is 20.8 Å². The lowest BCUT2D eigenvalue weighted by Gasteiger charge is -2.07. The Bertz CT molecular complexity index is 1310. The van der Waals surface area contributed by atoms with Crippen LogP contribution in [0.5, 0.6) is 0 Å². The van der Waals surface area contributed by atoms with E-state index in [0.29, 0.717) is 23.5 Å². The molecular weight excluding hydrogens is 424 g/mol. The average Bonchev–Trinajstić information content (AvgIpc) is 3.31. The Morgan fingerprint density at radius 1 is 1.09 bits per heavy atom. The Morgan fingerprint density at radius 3 is 2.56 bits per heavy atom. The van der Waals surface area contributed by atoms with Crippen molar-refractivity contribution in [2.24, 2.45) is 0 Å². The van der Waals surface area contributed by atoms with Gasteiger partial charge in [0.2, 0.25) is 0 Å². The number of carbonyl (C=O) groups is 2. The summed E-state index contributed by atoms with van der Waals surface area (Å²) < 4.78 is 7.61. The highest BCUT2D eigenvalue weighted by molar-refractivity contribution is 7.22. The van der Waals surface area contributed by atoms with E-state index in [-0.39, 0.29) is 11.9 Å². The fourth-order valence-electron chi connectivity index (χ4n) is 3.63. The number of thiazole rings is 1. The van der Waals surface area contributed by atoms with E-state index in [4.69, 9.17) is 4.74 Å². The molecule has 0 saturated heterocycles. The molecule has 2 aromatic carbocycles. The summed E-state index contributed by atoms with van der Waals surface area (Å²) in [6.07, 6.45) is 0.890. The van der Waals surface area contributed by atoms with Gasteiger partial charge in [-0.2, -0.15) is 5.10 Å². The second-order valence-corrected chi connectivity index (χ2v) is 8.66. The molecule has 2 heterocycles. The number of esters is 1. The van der Waals surface area contributed by atoms with Gasteiger partial charge in [0, 0.05) is 17.7 Å². The molecule has 4 aromatic rings. The van der Waals surface area contributed by atoms with Gasteiger partial charge in [0.05, 0.1) is 28.7 Å². The number of benzene rings is 2. The predicted molar refractivity (Wildman–Crippen MR) is 126 cm³/mol. The van der Waals surface area contributed by atoms with Crippen LogP contribution < -0.4 is 5.32 Å². The van der Waals surface area contributed by atoms with Gasteiger partial charge in [-0.1, -0.05) is 17.4 Å². The molecule has 0 unspecified atom stereocenters. The van der Waals surface area contributed by atoms with Crippen molar-refractivity contribution < 1.29 is 14.3 Å². The summed E-state index contributed by atoms with van der Waals surface area (Å²) in [4.78, 5) is 28.7. The molecule has 4 rings (SSSR count). The number of nitrogens with one attached hydrogen (secondary N) is 1. The largest absolute Gasteiger partial charge is 0.469 e. The summed E-state index contributed by atoms with van der Waals surface area (Å²) in [6, 6.07) is 13.3. The van der Waals surface area contributed by atoms with Crippen molar-refractivity contribution in [3.63, 3.8) is 0 Å². The second-order valence-electron chi connectivity index (χ2n) is 7.63. The van der Waals surface area contributed by atoms with Crippen LogP contribution in [0.25, 0.3) is 15.9 Å². The molecule has 32 heavy (non-hydrogen) atoms. The van der Waals surface area contributed by atoms with E-state index in [1.165, 1.54) is 18.4 Å². The number of fused-ring (bicyclic) bond motifs is 1. The number of aryl methyl sites for hydroxylation is 2. The van der Waals surface area contributed by atoms with Crippen LogP contribution in [-0.4, -0.2) is 33.8 Å². The zero-order valence-corrected chi connectivity index (χ0v) is 19.2. The van der Waals surface area contributed by atoms with Crippen molar-refractivity contribution in [3.05, 3.63) is 70.5 Å². The van der Waals surface area contributed by atoms with Crippen LogP contribution in [0.15, 0.2) is 42.5 Å². The SMILES string of the molecule is COC(=O)CCc1c(C)nn(-c2ccc(C(=O)Nc3nc4ccc(C)cc4s3)cc2)c1C. The Morgan fingerprint density at radius 2 is 1.84 bits per heavy atom. The van der Waals surface area contributed by atoms with Crippen LogP contribution in [-0.2, 0) is 16.0 Å². The Kier molecular flexibility index (Phi) is 6.05. The van der Waals surface area contributed by atoms with Crippen molar-refractivity contribution in [3.8, 4) is 5.69 Å². The number of ether oxygens (including phenoxy) is 1. The van der Waals surface area contributed by atoms with Gasteiger partial charge >= 0.3 is 5.97 Å². The minimum atomic E-state index is -0.241. The van der Waals surface area contributed by atoms with Gasteiger partial charge in [-0.05, 0) is 74.7 Å². The maximum absolute atomic E-state index is 12.7. The molecule has 0 aliphatic heterocycles. The van der Waals surface area contributed by atoms with Crippen LogP contribution in [0.1, 0.15) is 39.3 Å². The number of carbonyl (C=O) groups excluding carboxylic acids is 2. The zero-order chi connectivity index (χ0) is 22.8. The number of aromatic nitrogens is 3. The van der Waals surface area contributed by atoms with E-state index < -0.39 is 0 Å². The molecule has 7 nitrogen and oxygen atoms in total. The number of rotatable bonds is 6. The summed E-state index contributed by atoms with van der Waals surface area (Å²) >= 11 is 1.46. The number of methoxy groups -OCH3 is 1. The van der Waals surface area contributed by atoms with Crippen LogP contribution in [0.3, 0.4) is 0 Å². The summed E-state index contributed by atoms with van der Waals surface area (Å²) in [7, 11) is 1.39. The van der Waals surface area contributed by atoms with Gasteiger partial charge in [-0.3, -0.25) is 14.9 Å². The third kappa shape index (κ3) is 4.40. The lowest BCUT2D eigenvalue weighted by molar-refractivity contribution is -0.140. The number of anilines is 1. The first-order valence-corrected chi connectivity index (χ1v) is 11.1. The fraction of sp³-hybridized carbons (Fsp3) is 0.250. The van der Waals surface area contributed by atoms with Crippen molar-refractivity contribution in [1.29, 1.82) is 0 Å². The zero-order valence-electron chi connectivity index (χ0n) is 18.4. The normalized spacial score (nSPS) is 11.0. The monoisotopic (exact) mass is 448 g/mol. The maximum Gasteiger partial charge on any atom is 0.305 e. The topological polar surface area (TPSA) is 86.1 Å². The van der Waals surface area contributed by atoms with Gasteiger partial charge in [0.25, 0.3) is 5.91 Å². The van der Waals surface area contributed by atoms with Crippen molar-refractivity contribution in [1.82, 2.24) is 14.8 Å². The first-order chi connectivity index (χ1) is 15.4. The lowest BCUT2D eigenvalue weighted by atomic mass is 10.1. The average molecular weight is 449 g/mol.